The van der Waals surface area contributed by atoms with Crippen molar-refractivity contribution >= 4 is 11.5 Å². The molecular weight excluding hydrogens is 264 g/mol. The number of benzene rings is 1. The van der Waals surface area contributed by atoms with Gasteiger partial charge in [-0.2, -0.15) is 5.10 Å². The maximum Gasteiger partial charge on any atom is 0.147 e. The lowest BCUT2D eigenvalue weighted by Crippen LogP contribution is -2.10. The van der Waals surface area contributed by atoms with Gasteiger partial charge < -0.3 is 15.8 Å². The van der Waals surface area contributed by atoms with Crippen molar-refractivity contribution in [2.75, 3.05) is 24.7 Å². The summed E-state index contributed by atoms with van der Waals surface area (Å²) in [5.74, 6) is 2.10. The van der Waals surface area contributed by atoms with Gasteiger partial charge >= 0.3 is 0 Å². The summed E-state index contributed by atoms with van der Waals surface area (Å²) in [6.07, 6.45) is 0.902. The molecule has 0 atom stereocenters. The van der Waals surface area contributed by atoms with Crippen molar-refractivity contribution < 1.29 is 4.74 Å². The molecule has 21 heavy (non-hydrogen) atoms. The zero-order chi connectivity index (χ0) is 15.4. The fourth-order valence-corrected chi connectivity index (χ4v) is 2.35. The summed E-state index contributed by atoms with van der Waals surface area (Å²) in [4.78, 5) is 0. The third-order valence-electron chi connectivity index (χ3n) is 3.50. The number of nitrogen functional groups attached to an aromatic ring is 1. The lowest BCUT2D eigenvalue weighted by molar-refractivity contribution is 0.414. The molecule has 0 amide bonds. The van der Waals surface area contributed by atoms with Gasteiger partial charge in [0.2, 0.25) is 0 Å². The van der Waals surface area contributed by atoms with Gasteiger partial charge in [0, 0.05) is 13.6 Å². The molecule has 114 valence electrons. The molecule has 1 aromatic carbocycles. The molecule has 0 radical (unpaired) electrons. The fourth-order valence-electron chi connectivity index (χ4n) is 2.35. The Kier molecular flexibility index (Phi) is 4.73. The number of hydrogen-bond donors (Lipinski definition) is 2. The second-order valence-electron chi connectivity index (χ2n) is 5.45. The van der Waals surface area contributed by atoms with Gasteiger partial charge in [-0.15, -0.1) is 0 Å². The molecule has 1 aromatic heterocycles. The molecule has 0 saturated heterocycles. The van der Waals surface area contributed by atoms with Crippen molar-refractivity contribution in [2.24, 2.45) is 7.05 Å². The summed E-state index contributed by atoms with van der Waals surface area (Å²) < 4.78 is 7.05. The van der Waals surface area contributed by atoms with E-state index in [1.807, 2.05) is 29.9 Å². The van der Waals surface area contributed by atoms with E-state index in [-0.39, 0.29) is 0 Å². The van der Waals surface area contributed by atoms with E-state index in [1.54, 1.807) is 7.11 Å². The molecular formula is C16H24N4O. The highest BCUT2D eigenvalue weighted by atomic mass is 16.5. The molecule has 0 unspecified atom stereocenters. The van der Waals surface area contributed by atoms with E-state index in [0.29, 0.717) is 5.92 Å². The molecule has 0 aliphatic rings. The van der Waals surface area contributed by atoms with Crippen LogP contribution in [0.3, 0.4) is 0 Å². The first-order chi connectivity index (χ1) is 10.0. The van der Waals surface area contributed by atoms with Crippen LogP contribution in [0.25, 0.3) is 0 Å². The number of aryl methyl sites for hydroxylation is 1. The van der Waals surface area contributed by atoms with Gasteiger partial charge in [-0.3, -0.25) is 4.68 Å². The highest BCUT2D eigenvalue weighted by Crippen LogP contribution is 2.27. The van der Waals surface area contributed by atoms with E-state index < -0.39 is 0 Å². The van der Waals surface area contributed by atoms with Gasteiger partial charge in [0.25, 0.3) is 0 Å². The van der Waals surface area contributed by atoms with Crippen LogP contribution in [-0.4, -0.2) is 23.4 Å². The van der Waals surface area contributed by atoms with Crippen molar-refractivity contribution in [3.8, 4) is 5.75 Å². The largest absolute Gasteiger partial charge is 0.497 e. The molecule has 1 heterocycles. The Morgan fingerprint density at radius 3 is 2.76 bits per heavy atom. The zero-order valence-corrected chi connectivity index (χ0v) is 13.2. The number of anilines is 2. The number of nitrogens with two attached hydrogens (primary N) is 1. The molecule has 0 saturated carbocycles. The fraction of sp³-hybridized carbons (Fsp3) is 0.438. The van der Waals surface area contributed by atoms with E-state index in [1.165, 1.54) is 5.56 Å². The number of rotatable bonds is 6. The molecule has 3 N–H and O–H groups in total. The van der Waals surface area contributed by atoms with Crippen molar-refractivity contribution in [3.05, 3.63) is 35.5 Å². The van der Waals surface area contributed by atoms with Gasteiger partial charge in [-0.05, 0) is 30.0 Å². The molecule has 0 bridgehead atoms. The molecule has 0 aliphatic heterocycles. The minimum atomic E-state index is 0.324. The molecule has 0 spiro atoms. The van der Waals surface area contributed by atoms with Gasteiger partial charge in [-0.25, -0.2) is 0 Å². The average Bonchev–Trinajstić information content (AvgIpc) is 2.75. The number of nitrogens with zero attached hydrogens (tertiary/aromatic N) is 2. The Labute approximate surface area is 126 Å². The quantitative estimate of drug-likeness (QED) is 0.858. The molecule has 2 rings (SSSR count). The Bertz CT molecular complexity index is 604. The van der Waals surface area contributed by atoms with E-state index in [0.717, 1.165) is 35.9 Å². The smallest absolute Gasteiger partial charge is 0.147 e. The summed E-state index contributed by atoms with van der Waals surface area (Å²) in [6, 6.07) is 8.10. The van der Waals surface area contributed by atoms with Crippen LogP contribution in [0.5, 0.6) is 5.75 Å². The normalized spacial score (nSPS) is 10.9. The van der Waals surface area contributed by atoms with Crippen molar-refractivity contribution in [1.29, 1.82) is 0 Å². The monoisotopic (exact) mass is 288 g/mol. The number of methoxy groups -OCH3 is 1. The lowest BCUT2D eigenvalue weighted by atomic mass is 10.1. The second-order valence-corrected chi connectivity index (χ2v) is 5.45. The average molecular weight is 288 g/mol. The molecule has 5 nitrogen and oxygen atoms in total. The number of aromatic nitrogens is 2. The highest BCUT2D eigenvalue weighted by molar-refractivity contribution is 5.65. The molecule has 2 aromatic rings. The lowest BCUT2D eigenvalue weighted by Gasteiger charge is -2.09. The first-order valence-electron chi connectivity index (χ1n) is 7.22. The zero-order valence-electron chi connectivity index (χ0n) is 13.2. The Morgan fingerprint density at radius 2 is 2.14 bits per heavy atom. The van der Waals surface area contributed by atoms with Crippen LogP contribution in [0.4, 0.5) is 11.5 Å². The van der Waals surface area contributed by atoms with E-state index >= 15 is 0 Å². The topological polar surface area (TPSA) is 65.1 Å². The summed E-state index contributed by atoms with van der Waals surface area (Å²) in [7, 11) is 3.59. The van der Waals surface area contributed by atoms with Crippen LogP contribution in [-0.2, 0) is 13.5 Å². The van der Waals surface area contributed by atoms with Gasteiger partial charge in [-0.1, -0.05) is 26.0 Å². The first-order valence-corrected chi connectivity index (χ1v) is 7.22. The van der Waals surface area contributed by atoms with Crippen LogP contribution in [0.1, 0.15) is 31.0 Å². The second kappa shape index (κ2) is 6.52. The summed E-state index contributed by atoms with van der Waals surface area (Å²) in [6.45, 7) is 4.99. The standard InChI is InChI=1S/C16H24N4O/c1-11(2)15-14(17)16(20(3)19-15)18-9-8-12-6-5-7-13(10-12)21-4/h5-7,10-11,18H,8-9,17H2,1-4H3. The Morgan fingerprint density at radius 1 is 1.38 bits per heavy atom. The summed E-state index contributed by atoms with van der Waals surface area (Å²) in [5.41, 5.74) is 9.09. The van der Waals surface area contributed by atoms with E-state index in [9.17, 15) is 0 Å². The van der Waals surface area contributed by atoms with Crippen LogP contribution >= 0.6 is 0 Å². The summed E-state index contributed by atoms with van der Waals surface area (Å²) in [5, 5.41) is 7.85. The van der Waals surface area contributed by atoms with Crippen molar-refractivity contribution in [1.82, 2.24) is 9.78 Å². The van der Waals surface area contributed by atoms with Crippen LogP contribution in [0.2, 0.25) is 0 Å². The molecule has 5 heteroatoms. The molecule has 0 fully saturated rings. The molecule has 0 aliphatic carbocycles. The third kappa shape index (κ3) is 3.48. The van der Waals surface area contributed by atoms with Crippen LogP contribution < -0.4 is 15.8 Å². The Hall–Kier alpha value is -2.17. The van der Waals surface area contributed by atoms with Crippen molar-refractivity contribution in [3.63, 3.8) is 0 Å². The Balaban J connectivity index is 2.00. The maximum atomic E-state index is 6.16. The minimum absolute atomic E-state index is 0.324. The third-order valence-corrected chi connectivity index (χ3v) is 3.50. The maximum absolute atomic E-state index is 6.16. The van der Waals surface area contributed by atoms with Crippen LogP contribution in [0.15, 0.2) is 24.3 Å². The summed E-state index contributed by atoms with van der Waals surface area (Å²) >= 11 is 0. The van der Waals surface area contributed by atoms with Gasteiger partial charge in [0.1, 0.15) is 11.6 Å². The minimum Gasteiger partial charge on any atom is -0.497 e. The van der Waals surface area contributed by atoms with E-state index in [2.05, 4.69) is 30.3 Å². The van der Waals surface area contributed by atoms with Gasteiger partial charge in [0.15, 0.2) is 0 Å². The van der Waals surface area contributed by atoms with Gasteiger partial charge in [0.05, 0.1) is 18.5 Å². The van der Waals surface area contributed by atoms with Crippen LogP contribution in [0, 0.1) is 0 Å². The first kappa shape index (κ1) is 15.2. The SMILES string of the molecule is COc1cccc(CCNc2c(N)c(C(C)C)nn2C)c1. The number of nitrogens with one attached hydrogen (secondary N) is 1. The highest BCUT2D eigenvalue weighted by Gasteiger charge is 2.15. The number of ether oxygens (including phenoxy) is 1. The van der Waals surface area contributed by atoms with Crippen molar-refractivity contribution in [2.45, 2.75) is 26.2 Å². The predicted molar refractivity (Wildman–Crippen MR) is 86.9 cm³/mol. The number of hydrogen-bond acceptors (Lipinski definition) is 4. The van der Waals surface area contributed by atoms with E-state index in [4.69, 9.17) is 10.5 Å². The predicted octanol–water partition coefficient (Wildman–Crippen LogP) is 2.79.